The first-order chi connectivity index (χ1) is 25.8. The van der Waals surface area contributed by atoms with Crippen LogP contribution in [0.4, 0.5) is 33.1 Å². The van der Waals surface area contributed by atoms with Crippen molar-refractivity contribution in [3.8, 4) is 11.3 Å². The lowest BCUT2D eigenvalue weighted by atomic mass is 9.90. The molecule has 0 radical (unpaired) electrons. The smallest absolute Gasteiger partial charge is 0.293 e. The zero-order valence-electron chi connectivity index (χ0n) is 31.4. The topological polar surface area (TPSA) is 130 Å². The number of piperazine rings is 1. The Morgan fingerprint density at radius 3 is 2.63 bits per heavy atom. The number of amides is 2. The quantitative estimate of drug-likeness (QED) is 0.249. The number of aromatic nitrogens is 4. The van der Waals surface area contributed by atoms with E-state index in [1.54, 1.807) is 36.5 Å². The molecule has 4 aromatic rings. The lowest BCUT2D eigenvalue weighted by Crippen LogP contribution is -2.59. The Morgan fingerprint density at radius 2 is 1.91 bits per heavy atom. The highest BCUT2D eigenvalue weighted by molar-refractivity contribution is 6.06. The number of benzene rings is 1. The van der Waals surface area contributed by atoms with E-state index in [1.165, 1.54) is 21.9 Å². The highest BCUT2D eigenvalue weighted by atomic mass is 19.1. The van der Waals surface area contributed by atoms with E-state index in [1.807, 2.05) is 24.8 Å². The van der Waals surface area contributed by atoms with E-state index in [0.29, 0.717) is 61.7 Å². The van der Waals surface area contributed by atoms with E-state index in [9.17, 15) is 14.4 Å². The summed E-state index contributed by atoms with van der Waals surface area (Å²) in [5.41, 5.74) is 5.61. The third-order valence-electron chi connectivity index (χ3n) is 11.3. The number of carbonyl (C=O) groups is 2. The average Bonchev–Trinajstić information content (AvgIpc) is 3.59. The molecule has 0 spiro atoms. The fourth-order valence-corrected chi connectivity index (χ4v) is 8.47. The number of ether oxygens (including phenoxy) is 1. The van der Waals surface area contributed by atoms with Gasteiger partial charge in [0.25, 0.3) is 11.5 Å². The average molecular weight is 736 g/mol. The molecule has 54 heavy (non-hydrogen) atoms. The molecule has 1 aliphatic carbocycles. The molecule has 6 heterocycles. The molecular formula is C40H46FN9O4. The highest BCUT2D eigenvalue weighted by Crippen LogP contribution is 2.40. The number of aryl methyl sites for hydroxylation is 1. The van der Waals surface area contributed by atoms with Crippen LogP contribution in [0.15, 0.2) is 54.1 Å². The summed E-state index contributed by atoms with van der Waals surface area (Å²) in [6.45, 7) is 16.6. The molecule has 2 N–H and O–H groups in total. The number of fused-ring (bicyclic) bond motifs is 3. The van der Waals surface area contributed by atoms with Gasteiger partial charge in [-0.1, -0.05) is 20.4 Å². The van der Waals surface area contributed by atoms with Crippen LogP contribution in [0, 0.1) is 18.2 Å². The first-order valence-corrected chi connectivity index (χ1v) is 18.5. The summed E-state index contributed by atoms with van der Waals surface area (Å²) in [4.78, 5) is 55.3. The maximum Gasteiger partial charge on any atom is 0.293 e. The fraction of sp³-hybridized carbons (Fsp3) is 0.425. The van der Waals surface area contributed by atoms with Crippen molar-refractivity contribution < 1.29 is 18.7 Å². The van der Waals surface area contributed by atoms with Crippen molar-refractivity contribution in [2.24, 2.45) is 12.5 Å². The third kappa shape index (κ3) is 6.26. The van der Waals surface area contributed by atoms with Crippen molar-refractivity contribution in [3.05, 3.63) is 88.0 Å². The first-order valence-electron chi connectivity index (χ1n) is 18.5. The van der Waals surface area contributed by atoms with Crippen molar-refractivity contribution in [3.63, 3.8) is 0 Å². The first kappa shape index (κ1) is 35.7. The van der Waals surface area contributed by atoms with Crippen LogP contribution in [-0.2, 0) is 36.0 Å². The standard InChI is InChI=1S/C40H46FN9O4/c1-7-34(51)44-30-16-26(15-29(41)35(30)48-11-10-47(19-23(48)2)27-21-54-22-27)43-36-39(53)46(6)20-31(45-36)28-8-9-42-37(24(28)3)50-13-12-49-32(38(50)52)14-25-17-40(4,5)18-33(25)49/h7-9,14-16,20,23,27H,1,10-13,17-19,21-22H2,2-6H3,(H,43,45)(H,44,51). The summed E-state index contributed by atoms with van der Waals surface area (Å²) in [5.74, 6) is -0.632. The summed E-state index contributed by atoms with van der Waals surface area (Å²) in [5, 5.41) is 5.81. The monoisotopic (exact) mass is 735 g/mol. The molecule has 1 aromatic carbocycles. The van der Waals surface area contributed by atoms with Crippen LogP contribution in [0.1, 0.15) is 48.1 Å². The van der Waals surface area contributed by atoms with Crippen LogP contribution in [-0.4, -0.2) is 87.3 Å². The maximum atomic E-state index is 16.2. The molecule has 1 unspecified atom stereocenters. The molecule has 3 aliphatic heterocycles. The van der Waals surface area contributed by atoms with Crippen LogP contribution in [0.25, 0.3) is 11.3 Å². The summed E-state index contributed by atoms with van der Waals surface area (Å²) >= 11 is 0. The van der Waals surface area contributed by atoms with E-state index in [2.05, 4.69) is 45.5 Å². The number of nitrogens with zero attached hydrogens (tertiary/aromatic N) is 7. The van der Waals surface area contributed by atoms with Gasteiger partial charge in [-0.3, -0.25) is 24.2 Å². The summed E-state index contributed by atoms with van der Waals surface area (Å²) < 4.78 is 25.2. The zero-order chi connectivity index (χ0) is 38.1. The van der Waals surface area contributed by atoms with Crippen molar-refractivity contribution in [2.45, 2.75) is 59.2 Å². The Morgan fingerprint density at radius 1 is 1.11 bits per heavy atom. The van der Waals surface area contributed by atoms with Gasteiger partial charge in [0, 0.05) is 80.7 Å². The summed E-state index contributed by atoms with van der Waals surface area (Å²) in [6, 6.07) is 7.10. The van der Waals surface area contributed by atoms with Crippen LogP contribution in [0.2, 0.25) is 0 Å². The van der Waals surface area contributed by atoms with Gasteiger partial charge < -0.3 is 29.4 Å². The predicted octanol–water partition coefficient (Wildman–Crippen LogP) is 4.65. The molecule has 0 saturated carbocycles. The SMILES string of the molecule is C=CC(=O)Nc1cc(Nc2nc(-c3ccnc(N4CCn5c(cc6c5CC(C)(C)C6)C4=O)c3C)cn(C)c2=O)cc(F)c1N1CCN(C2COC2)CC1C. The number of nitrogens with one attached hydrogen (secondary N) is 2. The minimum atomic E-state index is -0.555. The largest absolute Gasteiger partial charge is 0.378 e. The van der Waals surface area contributed by atoms with Crippen LogP contribution < -0.4 is 26.0 Å². The lowest BCUT2D eigenvalue weighted by Gasteiger charge is -2.46. The van der Waals surface area contributed by atoms with Gasteiger partial charge in [0.15, 0.2) is 11.6 Å². The number of pyridine rings is 1. The Bertz CT molecular complexity index is 2260. The molecule has 14 heteroatoms. The lowest BCUT2D eigenvalue weighted by molar-refractivity contribution is -0.111. The number of halogens is 1. The number of anilines is 5. The molecule has 13 nitrogen and oxygen atoms in total. The van der Waals surface area contributed by atoms with Crippen molar-refractivity contribution in [2.75, 3.05) is 59.8 Å². The summed E-state index contributed by atoms with van der Waals surface area (Å²) in [7, 11) is 1.62. The number of carbonyl (C=O) groups excluding carboxylic acids is 2. The van der Waals surface area contributed by atoms with Crippen molar-refractivity contribution in [1.82, 2.24) is 24.0 Å². The van der Waals surface area contributed by atoms with Crippen LogP contribution in [0.3, 0.4) is 0 Å². The van der Waals surface area contributed by atoms with Gasteiger partial charge >= 0.3 is 0 Å². The normalized spacial score (nSPS) is 19.7. The van der Waals surface area contributed by atoms with E-state index in [-0.39, 0.29) is 40.2 Å². The molecule has 2 amide bonds. The van der Waals surface area contributed by atoms with Gasteiger partial charge in [0.05, 0.1) is 36.3 Å². The van der Waals surface area contributed by atoms with Gasteiger partial charge in [0.2, 0.25) is 5.91 Å². The van der Waals surface area contributed by atoms with Gasteiger partial charge in [-0.05, 0) is 68.0 Å². The van der Waals surface area contributed by atoms with E-state index >= 15 is 4.39 Å². The molecule has 8 rings (SSSR count). The van der Waals surface area contributed by atoms with E-state index in [0.717, 1.165) is 37.6 Å². The second-order valence-corrected chi connectivity index (χ2v) is 15.7. The van der Waals surface area contributed by atoms with Crippen molar-refractivity contribution >= 4 is 40.5 Å². The van der Waals surface area contributed by atoms with E-state index < -0.39 is 17.3 Å². The fourth-order valence-electron chi connectivity index (χ4n) is 8.47. The number of rotatable bonds is 8. The zero-order valence-corrected chi connectivity index (χ0v) is 31.4. The number of hydrogen-bond donors (Lipinski definition) is 2. The second-order valence-electron chi connectivity index (χ2n) is 15.7. The van der Waals surface area contributed by atoms with Gasteiger partial charge in [-0.25, -0.2) is 14.4 Å². The Labute approximate surface area is 313 Å². The molecule has 2 saturated heterocycles. The molecule has 0 bridgehead atoms. The molecule has 2 fully saturated rings. The molecule has 1 atom stereocenters. The minimum Gasteiger partial charge on any atom is -0.378 e. The maximum absolute atomic E-state index is 16.2. The minimum absolute atomic E-state index is 0.0325. The molecule has 3 aromatic heterocycles. The highest BCUT2D eigenvalue weighted by Gasteiger charge is 2.38. The van der Waals surface area contributed by atoms with Gasteiger partial charge in [0.1, 0.15) is 11.5 Å². The third-order valence-corrected chi connectivity index (χ3v) is 11.3. The van der Waals surface area contributed by atoms with Gasteiger partial charge in [-0.15, -0.1) is 0 Å². The van der Waals surface area contributed by atoms with Crippen LogP contribution >= 0.6 is 0 Å². The molecular weight excluding hydrogens is 689 g/mol. The van der Waals surface area contributed by atoms with Crippen molar-refractivity contribution in [1.29, 1.82) is 0 Å². The number of hydrogen-bond acceptors (Lipinski definition) is 9. The second kappa shape index (κ2) is 13.5. The van der Waals surface area contributed by atoms with Gasteiger partial charge in [-0.2, -0.15) is 0 Å². The predicted molar refractivity (Wildman–Crippen MR) is 206 cm³/mol. The molecule has 4 aliphatic rings. The molecule has 282 valence electrons. The van der Waals surface area contributed by atoms with E-state index in [4.69, 9.17) is 9.72 Å². The Kier molecular flexibility index (Phi) is 8.92. The Hall–Kier alpha value is -5.34. The van der Waals surface area contributed by atoms with Crippen LogP contribution in [0.5, 0.6) is 0 Å². The summed E-state index contributed by atoms with van der Waals surface area (Å²) in [6.07, 6.45) is 6.31. The Balaban J connectivity index is 1.09.